The van der Waals surface area contributed by atoms with Crippen LogP contribution in [0.2, 0.25) is 0 Å². The second kappa shape index (κ2) is 3.61. The molecule has 0 spiro atoms. The van der Waals surface area contributed by atoms with Crippen LogP contribution in [0.1, 0.15) is 23.6 Å². The maximum atomic E-state index is 11.0. The topological polar surface area (TPSA) is 78.2 Å². The fourth-order valence-electron chi connectivity index (χ4n) is 2.37. The molecule has 0 aliphatic carbocycles. The first-order valence-electron chi connectivity index (χ1n) is 5.62. The number of carboxylic acid groups (broad SMARTS) is 1. The number of aromatic amines is 1. The molecule has 0 fully saturated rings. The molecule has 3 aromatic rings. The first kappa shape index (κ1) is 10.9. The Balaban J connectivity index is 2.48. The molecule has 0 saturated heterocycles. The minimum Gasteiger partial charge on any atom is -0.477 e. The molecule has 2 aromatic heterocycles. The number of rotatable bonds is 2. The van der Waals surface area contributed by atoms with Gasteiger partial charge in [0.25, 0.3) is 0 Å². The number of nitrogens with zero attached hydrogens (tertiary/aromatic N) is 1. The van der Waals surface area contributed by atoms with E-state index in [2.05, 4.69) is 4.98 Å². The number of H-pyrrole nitrogens is 1. The standard InChI is InChI=1S/C13H12N2O3/c1-7(16)15-11-5-3-2-4-8(11)9-6-10(13(17)18)14-12(9)15/h2-7,14,16H,1H3,(H,17,18). The van der Waals surface area contributed by atoms with Crippen molar-refractivity contribution in [3.63, 3.8) is 0 Å². The van der Waals surface area contributed by atoms with Crippen LogP contribution in [0.4, 0.5) is 0 Å². The second-order valence-electron chi connectivity index (χ2n) is 4.27. The molecule has 2 heterocycles. The van der Waals surface area contributed by atoms with Crippen LogP contribution in [-0.4, -0.2) is 25.7 Å². The Morgan fingerprint density at radius 1 is 1.33 bits per heavy atom. The molecule has 5 nitrogen and oxygen atoms in total. The van der Waals surface area contributed by atoms with Crippen LogP contribution in [0.5, 0.6) is 0 Å². The van der Waals surface area contributed by atoms with Gasteiger partial charge in [-0.3, -0.25) is 0 Å². The van der Waals surface area contributed by atoms with Gasteiger partial charge in [0, 0.05) is 10.8 Å². The molecule has 1 atom stereocenters. The average molecular weight is 244 g/mol. The molecule has 0 aliphatic heterocycles. The summed E-state index contributed by atoms with van der Waals surface area (Å²) in [5.74, 6) is -1.01. The van der Waals surface area contributed by atoms with Crippen LogP contribution in [0.25, 0.3) is 21.9 Å². The maximum absolute atomic E-state index is 11.0. The normalized spacial score (nSPS) is 13.2. The van der Waals surface area contributed by atoms with E-state index in [-0.39, 0.29) is 5.69 Å². The van der Waals surface area contributed by atoms with Crippen LogP contribution < -0.4 is 0 Å². The van der Waals surface area contributed by atoms with Gasteiger partial charge in [-0.15, -0.1) is 0 Å². The highest BCUT2D eigenvalue weighted by molar-refractivity contribution is 6.09. The molecule has 0 radical (unpaired) electrons. The van der Waals surface area contributed by atoms with Crippen molar-refractivity contribution >= 4 is 27.9 Å². The van der Waals surface area contributed by atoms with Gasteiger partial charge < -0.3 is 19.8 Å². The number of hydrogen-bond acceptors (Lipinski definition) is 2. The summed E-state index contributed by atoms with van der Waals surface area (Å²) in [7, 11) is 0. The Hall–Kier alpha value is -2.27. The molecule has 5 heteroatoms. The van der Waals surface area contributed by atoms with Gasteiger partial charge in [0.1, 0.15) is 17.6 Å². The lowest BCUT2D eigenvalue weighted by atomic mass is 10.2. The number of carbonyl (C=O) groups is 1. The Morgan fingerprint density at radius 3 is 2.72 bits per heavy atom. The summed E-state index contributed by atoms with van der Waals surface area (Å²) in [6.07, 6.45) is -0.729. The van der Waals surface area contributed by atoms with Crippen LogP contribution >= 0.6 is 0 Å². The minimum atomic E-state index is -1.01. The van der Waals surface area contributed by atoms with E-state index >= 15 is 0 Å². The van der Waals surface area contributed by atoms with E-state index < -0.39 is 12.2 Å². The highest BCUT2D eigenvalue weighted by Crippen LogP contribution is 2.31. The Labute approximate surface area is 102 Å². The number of aromatic nitrogens is 2. The van der Waals surface area contributed by atoms with Crippen LogP contribution in [0.3, 0.4) is 0 Å². The number of nitrogens with one attached hydrogen (secondary N) is 1. The monoisotopic (exact) mass is 244 g/mol. The van der Waals surface area contributed by atoms with Gasteiger partial charge in [-0.1, -0.05) is 18.2 Å². The van der Waals surface area contributed by atoms with Crippen molar-refractivity contribution in [2.75, 3.05) is 0 Å². The summed E-state index contributed by atoms with van der Waals surface area (Å²) >= 11 is 0. The summed E-state index contributed by atoms with van der Waals surface area (Å²) in [4.78, 5) is 13.8. The number of benzene rings is 1. The molecule has 0 aliphatic rings. The first-order valence-corrected chi connectivity index (χ1v) is 5.62. The maximum Gasteiger partial charge on any atom is 0.352 e. The number of para-hydroxylation sites is 1. The lowest BCUT2D eigenvalue weighted by Crippen LogP contribution is -2.04. The second-order valence-corrected chi connectivity index (χ2v) is 4.27. The largest absolute Gasteiger partial charge is 0.477 e. The number of aliphatic hydroxyl groups is 1. The number of aliphatic hydroxyl groups excluding tert-OH is 1. The highest BCUT2D eigenvalue weighted by Gasteiger charge is 2.17. The summed E-state index contributed by atoms with van der Waals surface area (Å²) < 4.78 is 1.69. The van der Waals surface area contributed by atoms with Crippen LogP contribution in [-0.2, 0) is 0 Å². The predicted molar refractivity (Wildman–Crippen MR) is 67.7 cm³/mol. The molecule has 0 saturated carbocycles. The molecule has 18 heavy (non-hydrogen) atoms. The molecule has 3 N–H and O–H groups in total. The summed E-state index contributed by atoms with van der Waals surface area (Å²) in [5.41, 5.74) is 1.63. The SMILES string of the molecule is CC(O)n1c2ccccc2c2cc(C(=O)O)[nH]c21. The summed E-state index contributed by atoms with van der Waals surface area (Å²) in [5, 5.41) is 20.6. The van der Waals surface area contributed by atoms with E-state index in [1.54, 1.807) is 17.6 Å². The third kappa shape index (κ3) is 1.34. The van der Waals surface area contributed by atoms with E-state index in [0.717, 1.165) is 16.3 Å². The average Bonchev–Trinajstić information content (AvgIpc) is 2.84. The summed E-state index contributed by atoms with van der Waals surface area (Å²) in [6.45, 7) is 1.65. The van der Waals surface area contributed by atoms with Gasteiger partial charge in [-0.05, 0) is 19.1 Å². The van der Waals surface area contributed by atoms with Gasteiger partial charge >= 0.3 is 5.97 Å². The van der Waals surface area contributed by atoms with Gasteiger partial charge in [0.15, 0.2) is 0 Å². The molecular weight excluding hydrogens is 232 g/mol. The molecule has 1 aromatic carbocycles. The van der Waals surface area contributed by atoms with Crippen molar-refractivity contribution < 1.29 is 15.0 Å². The Kier molecular flexibility index (Phi) is 2.18. The van der Waals surface area contributed by atoms with Crippen molar-refractivity contribution in [1.82, 2.24) is 9.55 Å². The first-order chi connectivity index (χ1) is 8.59. The zero-order valence-corrected chi connectivity index (χ0v) is 9.71. The van der Waals surface area contributed by atoms with Crippen molar-refractivity contribution in [2.45, 2.75) is 13.2 Å². The fourth-order valence-corrected chi connectivity index (χ4v) is 2.37. The number of hydrogen-bond donors (Lipinski definition) is 3. The van der Waals surface area contributed by atoms with Gasteiger partial charge in [-0.2, -0.15) is 0 Å². The van der Waals surface area contributed by atoms with E-state index in [4.69, 9.17) is 5.11 Å². The van der Waals surface area contributed by atoms with Gasteiger partial charge in [-0.25, -0.2) is 4.79 Å². The van der Waals surface area contributed by atoms with Crippen LogP contribution in [0, 0.1) is 0 Å². The molecule has 1 unspecified atom stereocenters. The third-order valence-corrected chi connectivity index (χ3v) is 3.10. The summed E-state index contributed by atoms with van der Waals surface area (Å²) in [6, 6.07) is 9.19. The number of fused-ring (bicyclic) bond motifs is 3. The lowest BCUT2D eigenvalue weighted by molar-refractivity contribution is 0.0691. The van der Waals surface area contributed by atoms with Crippen molar-refractivity contribution in [2.24, 2.45) is 0 Å². The molecule has 0 bridgehead atoms. The van der Waals surface area contributed by atoms with E-state index in [9.17, 15) is 9.90 Å². The van der Waals surface area contributed by atoms with Gasteiger partial charge in [0.05, 0.1) is 5.52 Å². The predicted octanol–water partition coefficient (Wildman–Crippen LogP) is 2.33. The van der Waals surface area contributed by atoms with Crippen molar-refractivity contribution in [3.05, 3.63) is 36.0 Å². The lowest BCUT2D eigenvalue weighted by Gasteiger charge is -2.09. The molecule has 0 amide bonds. The Morgan fingerprint density at radius 2 is 2.06 bits per heavy atom. The van der Waals surface area contributed by atoms with Crippen molar-refractivity contribution in [3.8, 4) is 0 Å². The highest BCUT2D eigenvalue weighted by atomic mass is 16.4. The third-order valence-electron chi connectivity index (χ3n) is 3.10. The molecular formula is C13H12N2O3. The smallest absolute Gasteiger partial charge is 0.352 e. The van der Waals surface area contributed by atoms with Crippen molar-refractivity contribution in [1.29, 1.82) is 0 Å². The quantitative estimate of drug-likeness (QED) is 0.647. The zero-order valence-electron chi connectivity index (χ0n) is 9.71. The van der Waals surface area contributed by atoms with Gasteiger partial charge in [0.2, 0.25) is 0 Å². The Bertz CT molecular complexity index is 752. The zero-order chi connectivity index (χ0) is 12.9. The van der Waals surface area contributed by atoms with E-state index in [1.807, 2.05) is 24.3 Å². The molecule has 92 valence electrons. The molecule has 3 rings (SSSR count). The van der Waals surface area contributed by atoms with E-state index in [1.165, 1.54) is 0 Å². The van der Waals surface area contributed by atoms with E-state index in [0.29, 0.717) is 5.65 Å². The fraction of sp³-hybridized carbons (Fsp3) is 0.154. The van der Waals surface area contributed by atoms with Crippen LogP contribution in [0.15, 0.2) is 30.3 Å². The number of aromatic carboxylic acids is 1. The minimum absolute atomic E-state index is 0.125. The number of carboxylic acids is 1.